The van der Waals surface area contributed by atoms with Gasteiger partial charge in [0.2, 0.25) is 11.3 Å². The first-order chi connectivity index (χ1) is 14.5. The molecular formula is C27H24NO2+. The van der Waals surface area contributed by atoms with E-state index < -0.39 is 0 Å². The lowest BCUT2D eigenvalue weighted by atomic mass is 9.90. The van der Waals surface area contributed by atoms with Crippen LogP contribution in [0.4, 0.5) is 0 Å². The van der Waals surface area contributed by atoms with Crippen molar-refractivity contribution in [2.45, 2.75) is 27.2 Å². The summed E-state index contributed by atoms with van der Waals surface area (Å²) in [7, 11) is 2.14. The highest BCUT2D eigenvalue weighted by atomic mass is 16.5. The lowest BCUT2D eigenvalue weighted by Gasteiger charge is -2.23. The number of furan rings is 1. The Hall–Kier alpha value is -3.33. The normalized spacial score (nSPS) is 12.7. The van der Waals surface area contributed by atoms with E-state index in [9.17, 15) is 0 Å². The van der Waals surface area contributed by atoms with Crippen LogP contribution in [0.15, 0.2) is 59.0 Å². The fraction of sp³-hybridized carbons (Fsp3) is 0.222. The van der Waals surface area contributed by atoms with Gasteiger partial charge >= 0.3 is 0 Å². The number of aryl methyl sites for hydroxylation is 2. The number of pyridine rings is 1. The predicted molar refractivity (Wildman–Crippen MR) is 121 cm³/mol. The van der Waals surface area contributed by atoms with Gasteiger partial charge in [0, 0.05) is 5.39 Å². The van der Waals surface area contributed by atoms with Gasteiger partial charge in [-0.05, 0) is 48.4 Å². The number of nitrogens with zero attached hydrogens (tertiary/aromatic N) is 1. The second-order valence-corrected chi connectivity index (χ2v) is 8.80. The van der Waals surface area contributed by atoms with E-state index in [0.717, 1.165) is 51.2 Å². The van der Waals surface area contributed by atoms with Crippen LogP contribution in [0.2, 0.25) is 0 Å². The van der Waals surface area contributed by atoms with Crippen molar-refractivity contribution in [1.82, 2.24) is 0 Å². The van der Waals surface area contributed by atoms with Crippen molar-refractivity contribution in [1.29, 1.82) is 0 Å². The van der Waals surface area contributed by atoms with Crippen molar-refractivity contribution < 1.29 is 13.7 Å². The largest absolute Gasteiger partial charge is 0.449 e. The van der Waals surface area contributed by atoms with Crippen molar-refractivity contribution in [3.63, 3.8) is 0 Å². The maximum atomic E-state index is 6.64. The maximum Gasteiger partial charge on any atom is 0.260 e. The van der Waals surface area contributed by atoms with Crippen molar-refractivity contribution in [2.75, 3.05) is 0 Å². The highest BCUT2D eigenvalue weighted by Crippen LogP contribution is 2.50. The third-order valence-electron chi connectivity index (χ3n) is 6.28. The van der Waals surface area contributed by atoms with Crippen molar-refractivity contribution in [3.8, 4) is 22.8 Å². The van der Waals surface area contributed by atoms with Crippen LogP contribution in [0.3, 0.4) is 0 Å². The van der Waals surface area contributed by atoms with E-state index in [1.54, 1.807) is 0 Å². The Bertz CT molecular complexity index is 1490. The summed E-state index contributed by atoms with van der Waals surface area (Å²) < 4.78 is 15.3. The molecule has 0 saturated carbocycles. The molecule has 1 aliphatic heterocycles. The van der Waals surface area contributed by atoms with E-state index >= 15 is 0 Å². The van der Waals surface area contributed by atoms with Crippen LogP contribution < -0.4 is 9.30 Å². The van der Waals surface area contributed by atoms with Gasteiger partial charge in [-0.25, -0.2) is 0 Å². The zero-order valence-corrected chi connectivity index (χ0v) is 17.7. The summed E-state index contributed by atoms with van der Waals surface area (Å²) in [6, 6.07) is 19.0. The number of benzene rings is 3. The average molecular weight is 394 g/mol. The van der Waals surface area contributed by atoms with Crippen LogP contribution in [0.1, 0.15) is 25.0 Å². The van der Waals surface area contributed by atoms with Crippen molar-refractivity contribution in [3.05, 3.63) is 65.7 Å². The third kappa shape index (κ3) is 2.23. The molecule has 6 rings (SSSR count). The second-order valence-electron chi connectivity index (χ2n) is 8.80. The van der Waals surface area contributed by atoms with Crippen molar-refractivity contribution in [2.24, 2.45) is 13.0 Å². The van der Waals surface area contributed by atoms with Crippen LogP contribution >= 0.6 is 0 Å². The van der Waals surface area contributed by atoms with Crippen LogP contribution in [0.5, 0.6) is 11.5 Å². The minimum atomic E-state index is 0.482. The molecule has 3 nitrogen and oxygen atoms in total. The number of para-hydroxylation sites is 1. The zero-order chi connectivity index (χ0) is 20.6. The Morgan fingerprint density at radius 3 is 2.63 bits per heavy atom. The van der Waals surface area contributed by atoms with Crippen LogP contribution in [0.25, 0.3) is 44.1 Å². The Balaban J connectivity index is 1.86. The van der Waals surface area contributed by atoms with Gasteiger partial charge in [-0.1, -0.05) is 50.2 Å². The Morgan fingerprint density at radius 2 is 1.80 bits per heavy atom. The lowest BCUT2D eigenvalue weighted by Crippen LogP contribution is -2.34. The number of ether oxygens (including phenoxy) is 1. The summed E-state index contributed by atoms with van der Waals surface area (Å²) in [5.74, 6) is 2.35. The van der Waals surface area contributed by atoms with E-state index in [1.165, 1.54) is 21.9 Å². The zero-order valence-electron chi connectivity index (χ0n) is 17.7. The number of fused-ring (bicyclic) bond motifs is 5. The summed E-state index contributed by atoms with van der Waals surface area (Å²) in [5.41, 5.74) is 7.83. The third-order valence-corrected chi connectivity index (χ3v) is 6.28. The molecule has 0 aliphatic carbocycles. The minimum Gasteiger partial charge on any atom is -0.449 e. The lowest BCUT2D eigenvalue weighted by molar-refractivity contribution is -0.633. The second kappa shape index (κ2) is 6.09. The molecule has 0 atom stereocenters. The monoisotopic (exact) mass is 394 g/mol. The number of rotatable bonds is 2. The quantitative estimate of drug-likeness (QED) is 0.300. The van der Waals surface area contributed by atoms with Gasteiger partial charge in [-0.2, -0.15) is 4.57 Å². The molecule has 0 bridgehead atoms. The molecule has 0 saturated heterocycles. The van der Waals surface area contributed by atoms with Crippen molar-refractivity contribution >= 4 is 32.8 Å². The molecule has 0 N–H and O–H groups in total. The molecule has 5 aromatic rings. The van der Waals surface area contributed by atoms with Gasteiger partial charge in [0.25, 0.3) is 11.2 Å². The van der Waals surface area contributed by atoms with Gasteiger partial charge in [0.1, 0.15) is 18.4 Å². The molecule has 30 heavy (non-hydrogen) atoms. The first-order valence-corrected chi connectivity index (χ1v) is 10.6. The summed E-state index contributed by atoms with van der Waals surface area (Å²) >= 11 is 0. The van der Waals surface area contributed by atoms with E-state index in [0.29, 0.717) is 5.92 Å². The minimum absolute atomic E-state index is 0.482. The first kappa shape index (κ1) is 17.5. The summed E-state index contributed by atoms with van der Waals surface area (Å²) in [5, 5.41) is 3.55. The number of hydrogen-bond acceptors (Lipinski definition) is 2. The molecule has 0 radical (unpaired) electrons. The van der Waals surface area contributed by atoms with Crippen LogP contribution in [-0.2, 0) is 13.5 Å². The standard InChI is InChI=1S/C27H24NO2/c1-15(2)14-19-26-24(18-9-5-6-10-20(18)29-26)28(4)25-22-16(3)12-13-17-8-7-11-21(23(17)22)30-27(19)25/h5-13,15H,14H2,1-4H3/q+1. The Labute approximate surface area is 175 Å². The Morgan fingerprint density at radius 1 is 0.967 bits per heavy atom. The molecule has 0 fully saturated rings. The summed E-state index contributed by atoms with van der Waals surface area (Å²) in [6.07, 6.45) is 0.899. The van der Waals surface area contributed by atoms with E-state index in [2.05, 4.69) is 80.9 Å². The SMILES string of the molecule is Cc1ccc2cccc3c2c1-c1c(c(CC(C)C)c2oc4ccccc4c2[n+]1C)O3. The van der Waals surface area contributed by atoms with Gasteiger partial charge in [0.05, 0.1) is 16.5 Å². The smallest absolute Gasteiger partial charge is 0.260 e. The molecule has 2 aromatic heterocycles. The first-order valence-electron chi connectivity index (χ1n) is 10.6. The molecule has 0 unspecified atom stereocenters. The van der Waals surface area contributed by atoms with Crippen LogP contribution in [0, 0.1) is 12.8 Å². The molecule has 0 amide bonds. The topological polar surface area (TPSA) is 26.2 Å². The van der Waals surface area contributed by atoms with E-state index in [4.69, 9.17) is 9.15 Å². The fourth-order valence-electron chi connectivity index (χ4n) is 5.01. The summed E-state index contributed by atoms with van der Waals surface area (Å²) in [4.78, 5) is 0. The van der Waals surface area contributed by atoms with Gasteiger partial charge in [-0.15, -0.1) is 0 Å². The molecule has 3 aromatic carbocycles. The van der Waals surface area contributed by atoms with E-state index in [1.807, 2.05) is 6.07 Å². The molecule has 148 valence electrons. The predicted octanol–water partition coefficient (Wildman–Crippen LogP) is 6.84. The number of aromatic nitrogens is 1. The van der Waals surface area contributed by atoms with Crippen LogP contribution in [-0.4, -0.2) is 0 Å². The summed E-state index contributed by atoms with van der Waals surface area (Å²) in [6.45, 7) is 6.69. The van der Waals surface area contributed by atoms with Gasteiger partial charge < -0.3 is 9.15 Å². The Kier molecular flexibility index (Phi) is 3.55. The molecular weight excluding hydrogens is 370 g/mol. The van der Waals surface area contributed by atoms with E-state index in [-0.39, 0.29) is 0 Å². The average Bonchev–Trinajstić information content (AvgIpc) is 3.12. The molecule has 1 aliphatic rings. The molecule has 3 heteroatoms. The molecule has 3 heterocycles. The fourth-order valence-corrected chi connectivity index (χ4v) is 5.01. The van der Waals surface area contributed by atoms with Gasteiger partial charge in [0.15, 0.2) is 0 Å². The van der Waals surface area contributed by atoms with Gasteiger partial charge in [-0.3, -0.25) is 0 Å². The highest BCUT2D eigenvalue weighted by Gasteiger charge is 2.36. The maximum absolute atomic E-state index is 6.64. The highest BCUT2D eigenvalue weighted by molar-refractivity contribution is 6.07. The number of hydrogen-bond donors (Lipinski definition) is 0. The molecule has 0 spiro atoms.